The van der Waals surface area contributed by atoms with E-state index in [2.05, 4.69) is 22.5 Å². The first-order valence-electron chi connectivity index (χ1n) is 7.08. The summed E-state index contributed by atoms with van der Waals surface area (Å²) in [5.41, 5.74) is 0. The Balaban J connectivity index is 2.38. The van der Waals surface area contributed by atoms with Crippen LogP contribution in [0.25, 0.3) is 0 Å². The Hall–Kier alpha value is -0.950. The second kappa shape index (κ2) is 9.07. The van der Waals surface area contributed by atoms with Crippen LogP contribution in [-0.2, 0) is 4.79 Å². The molecule has 2 amide bonds. The van der Waals surface area contributed by atoms with Gasteiger partial charge >= 0.3 is 12.0 Å². The minimum absolute atomic E-state index is 0.110. The van der Waals surface area contributed by atoms with E-state index in [1.807, 2.05) is 6.26 Å². The fourth-order valence-electron chi connectivity index (χ4n) is 2.34. The topological polar surface area (TPSA) is 81.7 Å². The fraction of sp³-hybridized carbons (Fsp3) is 0.846. The van der Waals surface area contributed by atoms with Crippen LogP contribution >= 0.6 is 11.8 Å². The van der Waals surface area contributed by atoms with E-state index in [0.717, 1.165) is 32.5 Å². The minimum atomic E-state index is -0.979. The van der Waals surface area contributed by atoms with E-state index >= 15 is 0 Å². The number of carbonyl (C=O) groups excluding carboxylic acids is 1. The molecule has 1 aliphatic rings. The molecular weight excluding hydrogens is 278 g/mol. The van der Waals surface area contributed by atoms with Crippen molar-refractivity contribution in [3.63, 3.8) is 0 Å². The highest BCUT2D eigenvalue weighted by molar-refractivity contribution is 7.98. The monoisotopic (exact) mass is 303 g/mol. The van der Waals surface area contributed by atoms with E-state index < -0.39 is 12.0 Å². The number of hydrogen-bond acceptors (Lipinski definition) is 4. The molecule has 1 rings (SSSR count). The zero-order valence-corrected chi connectivity index (χ0v) is 13.0. The lowest BCUT2D eigenvalue weighted by Crippen LogP contribution is -2.53. The van der Waals surface area contributed by atoms with Gasteiger partial charge in [-0.05, 0) is 44.4 Å². The number of thioether (sulfide) groups is 1. The Bertz CT molecular complexity index is 328. The predicted molar refractivity (Wildman–Crippen MR) is 81.2 cm³/mol. The molecule has 0 bridgehead atoms. The Morgan fingerprint density at radius 3 is 2.85 bits per heavy atom. The number of piperidine rings is 1. The molecule has 0 aromatic carbocycles. The van der Waals surface area contributed by atoms with Gasteiger partial charge in [0.1, 0.15) is 6.04 Å². The van der Waals surface area contributed by atoms with E-state index in [9.17, 15) is 9.59 Å². The molecule has 7 heteroatoms. The zero-order chi connectivity index (χ0) is 15.0. The smallest absolute Gasteiger partial charge is 0.326 e. The quantitative estimate of drug-likeness (QED) is 0.653. The maximum absolute atomic E-state index is 11.9. The lowest BCUT2D eigenvalue weighted by atomic mass is 10.1. The third-order valence-electron chi connectivity index (χ3n) is 3.50. The van der Waals surface area contributed by atoms with Gasteiger partial charge in [-0.1, -0.05) is 6.92 Å². The average molecular weight is 303 g/mol. The number of carboxylic acid groups (broad SMARTS) is 1. The summed E-state index contributed by atoms with van der Waals surface area (Å²) in [6.07, 6.45) is 4.37. The van der Waals surface area contributed by atoms with Crippen molar-refractivity contribution in [1.29, 1.82) is 0 Å². The molecule has 3 N–H and O–H groups in total. The first-order valence-corrected chi connectivity index (χ1v) is 8.47. The molecule has 6 nitrogen and oxygen atoms in total. The minimum Gasteiger partial charge on any atom is -0.480 e. The van der Waals surface area contributed by atoms with Crippen LogP contribution in [-0.4, -0.2) is 65.7 Å². The number of rotatable bonds is 7. The highest BCUT2D eigenvalue weighted by atomic mass is 32.2. The Kier molecular flexibility index (Phi) is 7.76. The van der Waals surface area contributed by atoms with Crippen LogP contribution in [0.15, 0.2) is 0 Å². The van der Waals surface area contributed by atoms with Crippen LogP contribution in [0.2, 0.25) is 0 Å². The lowest BCUT2D eigenvalue weighted by molar-refractivity contribution is -0.139. The fourth-order valence-corrected chi connectivity index (χ4v) is 2.81. The highest BCUT2D eigenvalue weighted by Gasteiger charge is 2.23. The number of carbonyl (C=O) groups is 2. The number of nitrogens with zero attached hydrogens (tertiary/aromatic N) is 1. The van der Waals surface area contributed by atoms with E-state index in [-0.39, 0.29) is 12.1 Å². The summed E-state index contributed by atoms with van der Waals surface area (Å²) >= 11 is 1.57. The molecule has 2 atom stereocenters. The molecule has 0 aromatic rings. The zero-order valence-electron chi connectivity index (χ0n) is 12.2. The summed E-state index contributed by atoms with van der Waals surface area (Å²) in [4.78, 5) is 25.2. The third-order valence-corrected chi connectivity index (χ3v) is 4.15. The van der Waals surface area contributed by atoms with Gasteiger partial charge in [0.25, 0.3) is 0 Å². The van der Waals surface area contributed by atoms with Crippen LogP contribution in [0.3, 0.4) is 0 Å². The van der Waals surface area contributed by atoms with Crippen molar-refractivity contribution in [2.75, 3.05) is 31.6 Å². The van der Waals surface area contributed by atoms with Crippen LogP contribution in [0.5, 0.6) is 0 Å². The summed E-state index contributed by atoms with van der Waals surface area (Å²) in [6, 6.07) is -1.08. The van der Waals surface area contributed by atoms with Gasteiger partial charge in [-0.2, -0.15) is 11.8 Å². The Labute approximate surface area is 124 Å². The predicted octanol–water partition coefficient (Wildman–Crippen LogP) is 0.976. The number of likely N-dealkylation sites (tertiary alicyclic amines) is 1. The maximum atomic E-state index is 11.9. The van der Waals surface area contributed by atoms with Gasteiger partial charge in [-0.3, -0.25) is 0 Å². The summed E-state index contributed by atoms with van der Waals surface area (Å²) in [5, 5.41) is 14.5. The van der Waals surface area contributed by atoms with Gasteiger partial charge in [0, 0.05) is 12.6 Å². The molecular formula is C13H25N3O3S. The van der Waals surface area contributed by atoms with Gasteiger partial charge < -0.3 is 20.6 Å². The van der Waals surface area contributed by atoms with Crippen molar-refractivity contribution in [3.05, 3.63) is 0 Å². The average Bonchev–Trinajstić information content (AvgIpc) is 2.43. The maximum Gasteiger partial charge on any atom is 0.326 e. The molecule has 1 saturated heterocycles. The Morgan fingerprint density at radius 2 is 2.25 bits per heavy atom. The molecule has 0 spiro atoms. The van der Waals surface area contributed by atoms with Crippen LogP contribution in [0.1, 0.15) is 26.2 Å². The van der Waals surface area contributed by atoms with E-state index in [0.29, 0.717) is 12.2 Å². The summed E-state index contributed by atoms with van der Waals surface area (Å²) in [6.45, 7) is 4.99. The van der Waals surface area contributed by atoms with E-state index in [4.69, 9.17) is 5.11 Å². The second-order valence-electron chi connectivity index (χ2n) is 5.02. The third kappa shape index (κ3) is 6.00. The first kappa shape index (κ1) is 17.1. The normalized spacial score (nSPS) is 21.2. The Morgan fingerprint density at radius 1 is 1.50 bits per heavy atom. The molecule has 20 heavy (non-hydrogen) atoms. The molecule has 0 radical (unpaired) electrons. The van der Waals surface area contributed by atoms with Crippen molar-refractivity contribution in [2.24, 2.45) is 0 Å². The number of amides is 2. The number of carboxylic acids is 1. The standard InChI is InChI=1S/C13H25N3O3S/c1-3-16-7-4-5-10(9-16)14-13(19)15-11(12(17)18)6-8-20-2/h10-11H,3-9H2,1-2H3,(H,17,18)(H2,14,15,19)/t10?,11-/m0/s1. The van der Waals surface area contributed by atoms with Gasteiger partial charge in [0.05, 0.1) is 0 Å². The SMILES string of the molecule is CCN1CCCC(NC(=O)N[C@@H](CCSC)C(=O)O)C1. The van der Waals surface area contributed by atoms with Gasteiger partial charge in [-0.15, -0.1) is 0 Å². The second-order valence-corrected chi connectivity index (χ2v) is 6.01. The lowest BCUT2D eigenvalue weighted by Gasteiger charge is -2.32. The number of aliphatic carboxylic acids is 1. The van der Waals surface area contributed by atoms with Crippen molar-refractivity contribution in [3.8, 4) is 0 Å². The van der Waals surface area contributed by atoms with Gasteiger partial charge in [0.15, 0.2) is 0 Å². The molecule has 1 fully saturated rings. The molecule has 116 valence electrons. The van der Waals surface area contributed by atoms with Crippen molar-refractivity contribution in [2.45, 2.75) is 38.3 Å². The molecule has 1 unspecified atom stereocenters. The van der Waals surface area contributed by atoms with Gasteiger partial charge in [0.2, 0.25) is 0 Å². The number of urea groups is 1. The number of hydrogen-bond donors (Lipinski definition) is 3. The largest absolute Gasteiger partial charge is 0.480 e. The van der Waals surface area contributed by atoms with Crippen LogP contribution < -0.4 is 10.6 Å². The summed E-state index contributed by atoms with van der Waals surface area (Å²) in [7, 11) is 0. The summed E-state index contributed by atoms with van der Waals surface area (Å²) < 4.78 is 0. The molecule has 0 aromatic heterocycles. The first-order chi connectivity index (χ1) is 9.56. The van der Waals surface area contributed by atoms with Crippen molar-refractivity contribution in [1.82, 2.24) is 15.5 Å². The van der Waals surface area contributed by atoms with E-state index in [1.165, 1.54) is 0 Å². The van der Waals surface area contributed by atoms with Gasteiger partial charge in [-0.25, -0.2) is 9.59 Å². The highest BCUT2D eigenvalue weighted by Crippen LogP contribution is 2.09. The van der Waals surface area contributed by atoms with Crippen LogP contribution in [0.4, 0.5) is 4.79 Å². The molecule has 0 saturated carbocycles. The molecule has 1 heterocycles. The van der Waals surface area contributed by atoms with Crippen molar-refractivity contribution >= 4 is 23.8 Å². The molecule has 0 aliphatic carbocycles. The van der Waals surface area contributed by atoms with E-state index in [1.54, 1.807) is 11.8 Å². The molecule has 1 aliphatic heterocycles. The van der Waals surface area contributed by atoms with Crippen molar-refractivity contribution < 1.29 is 14.7 Å². The number of likely N-dealkylation sites (N-methyl/N-ethyl adjacent to an activating group) is 1. The summed E-state index contributed by atoms with van der Waals surface area (Å²) in [5.74, 6) is -0.266. The van der Waals surface area contributed by atoms with Crippen LogP contribution in [0, 0.1) is 0 Å². The number of nitrogens with one attached hydrogen (secondary N) is 2.